The number of para-hydroxylation sites is 1. The molecule has 108 valence electrons. The molecule has 0 spiro atoms. The molecule has 1 unspecified atom stereocenters. The number of hydrogen-bond acceptors (Lipinski definition) is 3. The lowest BCUT2D eigenvalue weighted by atomic mass is 9.69. The first-order valence-corrected chi connectivity index (χ1v) is 7.26. The Hall–Kier alpha value is -1.55. The molecule has 1 aromatic carbocycles. The number of aliphatic carboxylic acids is 1. The first kappa shape index (κ1) is 13.4. The van der Waals surface area contributed by atoms with Gasteiger partial charge in [-0.25, -0.2) is 0 Å². The van der Waals surface area contributed by atoms with Gasteiger partial charge < -0.3 is 14.6 Å². The van der Waals surface area contributed by atoms with Gasteiger partial charge in [0.1, 0.15) is 5.75 Å². The number of carboxylic acid groups (broad SMARTS) is 1. The maximum Gasteiger partial charge on any atom is 0.314 e. The molecule has 1 N–H and O–H groups in total. The summed E-state index contributed by atoms with van der Waals surface area (Å²) in [5, 5.41) is 9.88. The fourth-order valence-corrected chi connectivity index (χ4v) is 3.42. The van der Waals surface area contributed by atoms with Gasteiger partial charge in [-0.2, -0.15) is 0 Å². The summed E-state index contributed by atoms with van der Waals surface area (Å²) in [6.45, 7) is 1.98. The number of carbonyl (C=O) groups is 1. The van der Waals surface area contributed by atoms with E-state index < -0.39 is 11.4 Å². The van der Waals surface area contributed by atoms with Gasteiger partial charge >= 0.3 is 5.97 Å². The third kappa shape index (κ3) is 2.29. The van der Waals surface area contributed by atoms with E-state index in [0.29, 0.717) is 25.4 Å². The standard InChI is InChI=1S/C16H20O4/c17-15(18)16(11-12-5-8-19-9-6-12)7-10-20-14-4-2-1-3-13(14)16/h1-4,12H,5-11H2,(H,17,18). The summed E-state index contributed by atoms with van der Waals surface area (Å²) in [5.41, 5.74) is 0.0434. The van der Waals surface area contributed by atoms with Crippen LogP contribution in [0.25, 0.3) is 0 Å². The number of benzene rings is 1. The Morgan fingerprint density at radius 2 is 2.00 bits per heavy atom. The van der Waals surface area contributed by atoms with Crippen LogP contribution >= 0.6 is 0 Å². The van der Waals surface area contributed by atoms with E-state index in [4.69, 9.17) is 9.47 Å². The summed E-state index contributed by atoms with van der Waals surface area (Å²) in [6.07, 6.45) is 3.15. The monoisotopic (exact) mass is 276 g/mol. The van der Waals surface area contributed by atoms with Crippen molar-refractivity contribution in [1.82, 2.24) is 0 Å². The Bertz CT molecular complexity index is 493. The molecule has 0 saturated carbocycles. The Balaban J connectivity index is 1.94. The molecule has 0 bridgehead atoms. The summed E-state index contributed by atoms with van der Waals surface area (Å²) in [4.78, 5) is 12.0. The summed E-state index contributed by atoms with van der Waals surface area (Å²) in [5.74, 6) is 0.430. The van der Waals surface area contributed by atoms with E-state index in [9.17, 15) is 9.90 Å². The first-order valence-electron chi connectivity index (χ1n) is 7.26. The largest absolute Gasteiger partial charge is 0.493 e. The zero-order valence-electron chi connectivity index (χ0n) is 11.5. The number of hydrogen-bond donors (Lipinski definition) is 1. The number of ether oxygens (including phenoxy) is 2. The summed E-state index contributed by atoms with van der Waals surface area (Å²) in [6, 6.07) is 7.57. The van der Waals surface area contributed by atoms with Crippen LogP contribution in [0.3, 0.4) is 0 Å². The third-order valence-corrected chi connectivity index (χ3v) is 4.58. The second-order valence-corrected chi connectivity index (χ2v) is 5.74. The molecule has 0 radical (unpaired) electrons. The molecule has 4 nitrogen and oxygen atoms in total. The van der Waals surface area contributed by atoms with Crippen LogP contribution in [0.2, 0.25) is 0 Å². The van der Waals surface area contributed by atoms with E-state index in [2.05, 4.69) is 0 Å². The molecular weight excluding hydrogens is 256 g/mol. The second-order valence-electron chi connectivity index (χ2n) is 5.74. The molecule has 1 atom stereocenters. The lowest BCUT2D eigenvalue weighted by Gasteiger charge is -2.38. The molecule has 0 aliphatic carbocycles. The third-order valence-electron chi connectivity index (χ3n) is 4.58. The fraction of sp³-hybridized carbons (Fsp3) is 0.562. The van der Waals surface area contributed by atoms with Crippen molar-refractivity contribution >= 4 is 5.97 Å². The predicted molar refractivity (Wildman–Crippen MR) is 74.0 cm³/mol. The Morgan fingerprint density at radius 1 is 1.25 bits per heavy atom. The van der Waals surface area contributed by atoms with Crippen LogP contribution in [0.4, 0.5) is 0 Å². The average Bonchev–Trinajstić information content (AvgIpc) is 2.48. The molecule has 3 rings (SSSR count). The Labute approximate surface area is 118 Å². The highest BCUT2D eigenvalue weighted by Gasteiger charge is 2.46. The second kappa shape index (κ2) is 5.44. The van der Waals surface area contributed by atoms with Crippen molar-refractivity contribution in [3.63, 3.8) is 0 Å². The highest BCUT2D eigenvalue weighted by Crippen LogP contribution is 2.44. The van der Waals surface area contributed by atoms with E-state index in [-0.39, 0.29) is 0 Å². The van der Waals surface area contributed by atoms with Crippen LogP contribution < -0.4 is 4.74 Å². The Morgan fingerprint density at radius 3 is 2.75 bits per heavy atom. The van der Waals surface area contributed by atoms with Gasteiger partial charge in [-0.3, -0.25) is 4.79 Å². The predicted octanol–water partition coefficient (Wildman–Crippen LogP) is 2.61. The maximum atomic E-state index is 12.0. The Kier molecular flexibility index (Phi) is 3.66. The molecule has 0 aromatic heterocycles. The smallest absolute Gasteiger partial charge is 0.314 e. The van der Waals surface area contributed by atoms with Crippen molar-refractivity contribution in [2.24, 2.45) is 5.92 Å². The number of fused-ring (bicyclic) bond motifs is 1. The normalized spacial score (nSPS) is 26.6. The first-order chi connectivity index (χ1) is 9.72. The van der Waals surface area contributed by atoms with Crippen LogP contribution in [0.5, 0.6) is 5.75 Å². The van der Waals surface area contributed by atoms with Crippen LogP contribution in [0.1, 0.15) is 31.2 Å². The molecule has 2 heterocycles. The van der Waals surface area contributed by atoms with Gasteiger partial charge in [0.25, 0.3) is 0 Å². The molecule has 1 fully saturated rings. The van der Waals surface area contributed by atoms with Gasteiger partial charge in [0.2, 0.25) is 0 Å². The van der Waals surface area contributed by atoms with E-state index in [1.54, 1.807) is 0 Å². The van der Waals surface area contributed by atoms with E-state index >= 15 is 0 Å². The minimum absolute atomic E-state index is 0.422. The van der Waals surface area contributed by atoms with Crippen molar-refractivity contribution in [3.8, 4) is 5.75 Å². The van der Waals surface area contributed by atoms with E-state index in [0.717, 1.165) is 37.4 Å². The SMILES string of the molecule is O=C(O)C1(CC2CCOCC2)CCOc2ccccc21. The highest BCUT2D eigenvalue weighted by molar-refractivity contribution is 5.83. The molecular formula is C16H20O4. The van der Waals surface area contributed by atoms with Crippen molar-refractivity contribution < 1.29 is 19.4 Å². The number of rotatable bonds is 3. The van der Waals surface area contributed by atoms with Gasteiger partial charge in [-0.05, 0) is 31.2 Å². The fourth-order valence-electron chi connectivity index (χ4n) is 3.42. The van der Waals surface area contributed by atoms with Crippen molar-refractivity contribution in [3.05, 3.63) is 29.8 Å². The zero-order chi connectivity index (χ0) is 14.0. The molecule has 2 aliphatic rings. The van der Waals surface area contributed by atoms with Gasteiger partial charge in [0.15, 0.2) is 0 Å². The summed E-state index contributed by atoms with van der Waals surface area (Å²) >= 11 is 0. The number of carboxylic acids is 1. The lowest BCUT2D eigenvalue weighted by molar-refractivity contribution is -0.146. The van der Waals surface area contributed by atoms with Gasteiger partial charge in [0.05, 0.1) is 12.0 Å². The molecule has 4 heteroatoms. The minimum atomic E-state index is -0.795. The van der Waals surface area contributed by atoms with E-state index in [1.807, 2.05) is 24.3 Å². The summed E-state index contributed by atoms with van der Waals surface area (Å²) < 4.78 is 11.0. The van der Waals surface area contributed by atoms with Crippen LogP contribution in [-0.2, 0) is 14.9 Å². The topological polar surface area (TPSA) is 55.8 Å². The van der Waals surface area contributed by atoms with Crippen LogP contribution in [0, 0.1) is 5.92 Å². The summed E-state index contributed by atoms with van der Waals surface area (Å²) in [7, 11) is 0. The van der Waals surface area contributed by atoms with E-state index in [1.165, 1.54) is 0 Å². The van der Waals surface area contributed by atoms with Crippen molar-refractivity contribution in [2.45, 2.75) is 31.1 Å². The van der Waals surface area contributed by atoms with Crippen LogP contribution in [0.15, 0.2) is 24.3 Å². The average molecular weight is 276 g/mol. The molecule has 20 heavy (non-hydrogen) atoms. The van der Waals surface area contributed by atoms with Crippen molar-refractivity contribution in [2.75, 3.05) is 19.8 Å². The van der Waals surface area contributed by atoms with Gasteiger partial charge in [0, 0.05) is 25.2 Å². The quantitative estimate of drug-likeness (QED) is 0.922. The molecule has 1 aromatic rings. The van der Waals surface area contributed by atoms with Crippen molar-refractivity contribution in [1.29, 1.82) is 0 Å². The van der Waals surface area contributed by atoms with Gasteiger partial charge in [-0.15, -0.1) is 0 Å². The highest BCUT2D eigenvalue weighted by atomic mass is 16.5. The molecule has 0 amide bonds. The zero-order valence-corrected chi connectivity index (χ0v) is 11.5. The van der Waals surface area contributed by atoms with Gasteiger partial charge in [-0.1, -0.05) is 18.2 Å². The molecule has 1 saturated heterocycles. The van der Waals surface area contributed by atoms with Crippen LogP contribution in [-0.4, -0.2) is 30.9 Å². The maximum absolute atomic E-state index is 12.0. The minimum Gasteiger partial charge on any atom is -0.493 e. The molecule has 2 aliphatic heterocycles. The lowest BCUT2D eigenvalue weighted by Crippen LogP contribution is -2.42.